The molecule has 0 unspecified atom stereocenters. The Kier molecular flexibility index (Phi) is 4.79. The predicted molar refractivity (Wildman–Crippen MR) is 81.0 cm³/mol. The van der Waals surface area contributed by atoms with E-state index in [0.717, 1.165) is 10.0 Å². The van der Waals surface area contributed by atoms with Crippen LogP contribution in [0.5, 0.6) is 5.75 Å². The van der Waals surface area contributed by atoms with Crippen molar-refractivity contribution < 1.29 is 14.3 Å². The van der Waals surface area contributed by atoms with Gasteiger partial charge in [0.15, 0.2) is 0 Å². The third kappa shape index (κ3) is 3.39. The minimum Gasteiger partial charge on any atom is -0.485 e. The number of esters is 1. The number of carbonyl (C=O) groups excluding carboxylic acids is 1. The second kappa shape index (κ2) is 6.57. The Bertz CT molecular complexity index is 596. The Balaban J connectivity index is 2.27. The van der Waals surface area contributed by atoms with Crippen molar-refractivity contribution in [3.8, 4) is 5.75 Å². The average Bonchev–Trinajstić information content (AvgIpc) is 2.49. The van der Waals surface area contributed by atoms with E-state index in [1.54, 1.807) is 12.1 Å². The summed E-state index contributed by atoms with van der Waals surface area (Å²) >= 11 is 3.34. The maximum atomic E-state index is 11.8. The SMILES string of the molecule is COC(=O)c1cc(Br)ccc1O[C@@H](C)c1ccccc1. The van der Waals surface area contributed by atoms with Gasteiger partial charge in [0.05, 0.1) is 7.11 Å². The molecule has 0 aliphatic heterocycles. The maximum Gasteiger partial charge on any atom is 0.341 e. The highest BCUT2D eigenvalue weighted by Gasteiger charge is 2.16. The average molecular weight is 335 g/mol. The van der Waals surface area contributed by atoms with Crippen LogP contribution >= 0.6 is 15.9 Å². The highest BCUT2D eigenvalue weighted by atomic mass is 79.9. The van der Waals surface area contributed by atoms with Crippen molar-refractivity contribution in [2.45, 2.75) is 13.0 Å². The van der Waals surface area contributed by atoms with E-state index in [1.165, 1.54) is 7.11 Å². The smallest absolute Gasteiger partial charge is 0.341 e. The fourth-order valence-electron chi connectivity index (χ4n) is 1.86. The van der Waals surface area contributed by atoms with E-state index in [0.29, 0.717) is 11.3 Å². The highest BCUT2D eigenvalue weighted by molar-refractivity contribution is 9.10. The molecule has 104 valence electrons. The van der Waals surface area contributed by atoms with E-state index in [4.69, 9.17) is 9.47 Å². The summed E-state index contributed by atoms with van der Waals surface area (Å²) in [4.78, 5) is 11.8. The van der Waals surface area contributed by atoms with Crippen LogP contribution < -0.4 is 4.74 Å². The zero-order valence-corrected chi connectivity index (χ0v) is 12.9. The Labute approximate surface area is 126 Å². The van der Waals surface area contributed by atoms with Crippen molar-refractivity contribution in [3.05, 3.63) is 64.1 Å². The number of ether oxygens (including phenoxy) is 2. The Morgan fingerprint density at radius 3 is 2.50 bits per heavy atom. The lowest BCUT2D eigenvalue weighted by Gasteiger charge is -2.17. The van der Waals surface area contributed by atoms with Gasteiger partial charge in [0, 0.05) is 4.47 Å². The van der Waals surface area contributed by atoms with Gasteiger partial charge in [-0.2, -0.15) is 0 Å². The molecular formula is C16H15BrO3. The Morgan fingerprint density at radius 2 is 1.85 bits per heavy atom. The van der Waals surface area contributed by atoms with Crippen molar-refractivity contribution in [1.82, 2.24) is 0 Å². The lowest BCUT2D eigenvalue weighted by atomic mass is 10.1. The molecule has 0 saturated carbocycles. The van der Waals surface area contributed by atoms with Gasteiger partial charge < -0.3 is 9.47 Å². The summed E-state index contributed by atoms with van der Waals surface area (Å²) in [7, 11) is 1.35. The van der Waals surface area contributed by atoms with Crippen LogP contribution in [0, 0.1) is 0 Å². The molecule has 2 aromatic carbocycles. The van der Waals surface area contributed by atoms with Gasteiger partial charge in [-0.3, -0.25) is 0 Å². The summed E-state index contributed by atoms with van der Waals surface area (Å²) in [6.45, 7) is 1.94. The summed E-state index contributed by atoms with van der Waals surface area (Å²) in [5.41, 5.74) is 1.45. The second-order valence-electron chi connectivity index (χ2n) is 4.30. The van der Waals surface area contributed by atoms with Crippen molar-refractivity contribution in [2.75, 3.05) is 7.11 Å². The van der Waals surface area contributed by atoms with Gasteiger partial charge in [-0.25, -0.2) is 4.79 Å². The molecule has 0 spiro atoms. The predicted octanol–water partition coefficient (Wildman–Crippen LogP) is 4.38. The van der Waals surface area contributed by atoms with E-state index >= 15 is 0 Å². The van der Waals surface area contributed by atoms with Crippen molar-refractivity contribution in [1.29, 1.82) is 0 Å². The number of hydrogen-bond donors (Lipinski definition) is 0. The topological polar surface area (TPSA) is 35.5 Å². The first-order chi connectivity index (χ1) is 9.61. The molecule has 0 N–H and O–H groups in total. The number of hydrogen-bond acceptors (Lipinski definition) is 3. The number of rotatable bonds is 4. The number of benzene rings is 2. The molecular weight excluding hydrogens is 320 g/mol. The minimum absolute atomic E-state index is 0.152. The molecule has 0 radical (unpaired) electrons. The zero-order valence-electron chi connectivity index (χ0n) is 11.3. The van der Waals surface area contributed by atoms with E-state index in [2.05, 4.69) is 15.9 Å². The molecule has 0 saturated heterocycles. The summed E-state index contributed by atoms with van der Waals surface area (Å²) in [5, 5.41) is 0. The van der Waals surface area contributed by atoms with Gasteiger partial charge in [0.25, 0.3) is 0 Å². The second-order valence-corrected chi connectivity index (χ2v) is 5.22. The van der Waals surface area contributed by atoms with Crippen LogP contribution in [0.2, 0.25) is 0 Å². The minimum atomic E-state index is -0.415. The normalized spacial score (nSPS) is 11.8. The zero-order chi connectivity index (χ0) is 14.5. The quantitative estimate of drug-likeness (QED) is 0.778. The maximum absolute atomic E-state index is 11.8. The molecule has 3 nitrogen and oxygen atoms in total. The largest absolute Gasteiger partial charge is 0.485 e. The molecule has 1 atom stereocenters. The lowest BCUT2D eigenvalue weighted by Crippen LogP contribution is -2.09. The van der Waals surface area contributed by atoms with Gasteiger partial charge in [-0.05, 0) is 30.7 Å². The van der Waals surface area contributed by atoms with Crippen LogP contribution in [0.3, 0.4) is 0 Å². The number of carbonyl (C=O) groups is 1. The van der Waals surface area contributed by atoms with E-state index in [1.807, 2.05) is 43.3 Å². The lowest BCUT2D eigenvalue weighted by molar-refractivity contribution is 0.0593. The van der Waals surface area contributed by atoms with Crippen LogP contribution in [0.15, 0.2) is 53.0 Å². The fraction of sp³-hybridized carbons (Fsp3) is 0.188. The molecule has 0 aliphatic rings. The van der Waals surface area contributed by atoms with E-state index < -0.39 is 5.97 Å². The summed E-state index contributed by atoms with van der Waals surface area (Å²) in [6, 6.07) is 15.1. The molecule has 4 heteroatoms. The van der Waals surface area contributed by atoms with Crippen molar-refractivity contribution in [3.63, 3.8) is 0 Å². The van der Waals surface area contributed by atoms with Gasteiger partial charge in [0.1, 0.15) is 17.4 Å². The van der Waals surface area contributed by atoms with Gasteiger partial charge >= 0.3 is 5.97 Å². The van der Waals surface area contributed by atoms with Gasteiger partial charge in [-0.15, -0.1) is 0 Å². The van der Waals surface area contributed by atoms with Gasteiger partial charge in [-0.1, -0.05) is 46.3 Å². The molecule has 0 heterocycles. The Morgan fingerprint density at radius 1 is 1.15 bits per heavy atom. The summed E-state index contributed by atoms with van der Waals surface area (Å²) in [6.07, 6.45) is -0.152. The van der Waals surface area contributed by atoms with Crippen molar-refractivity contribution in [2.24, 2.45) is 0 Å². The Hall–Kier alpha value is -1.81. The molecule has 0 amide bonds. The third-order valence-electron chi connectivity index (χ3n) is 2.92. The molecule has 2 aromatic rings. The molecule has 0 fully saturated rings. The van der Waals surface area contributed by atoms with E-state index in [-0.39, 0.29) is 6.10 Å². The molecule has 0 bridgehead atoms. The van der Waals surface area contributed by atoms with Crippen LogP contribution in [-0.4, -0.2) is 13.1 Å². The summed E-state index contributed by atoms with van der Waals surface area (Å²) < 4.78 is 11.5. The van der Waals surface area contributed by atoms with E-state index in [9.17, 15) is 4.79 Å². The first kappa shape index (κ1) is 14.6. The highest BCUT2D eigenvalue weighted by Crippen LogP contribution is 2.28. The van der Waals surface area contributed by atoms with Crippen LogP contribution in [0.1, 0.15) is 28.9 Å². The first-order valence-electron chi connectivity index (χ1n) is 6.21. The summed E-state index contributed by atoms with van der Waals surface area (Å²) in [5.74, 6) is 0.0953. The molecule has 2 rings (SSSR count). The first-order valence-corrected chi connectivity index (χ1v) is 7.00. The monoisotopic (exact) mass is 334 g/mol. The molecule has 0 aliphatic carbocycles. The molecule has 20 heavy (non-hydrogen) atoms. The van der Waals surface area contributed by atoms with Crippen molar-refractivity contribution >= 4 is 21.9 Å². The third-order valence-corrected chi connectivity index (χ3v) is 3.41. The van der Waals surface area contributed by atoms with Crippen LogP contribution in [0.4, 0.5) is 0 Å². The number of halogens is 1. The van der Waals surface area contributed by atoms with Crippen LogP contribution in [0.25, 0.3) is 0 Å². The van der Waals surface area contributed by atoms with Gasteiger partial charge in [0.2, 0.25) is 0 Å². The van der Waals surface area contributed by atoms with Crippen LogP contribution in [-0.2, 0) is 4.74 Å². The molecule has 0 aromatic heterocycles. The standard InChI is InChI=1S/C16H15BrO3/c1-11(12-6-4-3-5-7-12)20-15-9-8-13(17)10-14(15)16(18)19-2/h3-11H,1-2H3/t11-/m0/s1. The fourth-order valence-corrected chi connectivity index (χ4v) is 2.22. The number of methoxy groups -OCH3 is 1.